The van der Waals surface area contributed by atoms with Crippen LogP contribution in [0.5, 0.6) is 0 Å². The topological polar surface area (TPSA) is 25.2 Å². The molecule has 2 nitrogen and oxygen atoms in total. The minimum Gasteiger partial charge on any atom is -0.455 e. The van der Waals surface area contributed by atoms with E-state index < -0.39 is 0 Å². The molecule has 1 aliphatic carbocycles. The van der Waals surface area contributed by atoms with Crippen molar-refractivity contribution in [3.8, 4) is 22.3 Å². The molecule has 6 aromatic carbocycles. The molecular formula is C44H33NO. The molecule has 0 bridgehead atoms. The second-order valence-electron chi connectivity index (χ2n) is 12.9. The number of furan rings is 1. The first-order valence-electron chi connectivity index (χ1n) is 16.1. The van der Waals surface area contributed by atoms with Gasteiger partial charge in [-0.1, -0.05) is 141 Å². The molecule has 1 atom stereocenters. The Labute approximate surface area is 269 Å². The Morgan fingerprint density at radius 2 is 1.24 bits per heavy atom. The number of nitrogens with one attached hydrogen (secondary N) is 1. The predicted octanol–water partition coefficient (Wildman–Crippen LogP) is 11.3. The summed E-state index contributed by atoms with van der Waals surface area (Å²) in [5.41, 5.74) is 15.0. The van der Waals surface area contributed by atoms with Gasteiger partial charge in [0, 0.05) is 33.0 Å². The average molecular weight is 592 g/mol. The first-order valence-corrected chi connectivity index (χ1v) is 16.1. The highest BCUT2D eigenvalue weighted by Gasteiger charge is 2.35. The number of dihydropyridines is 1. The molecule has 2 heteroatoms. The summed E-state index contributed by atoms with van der Waals surface area (Å²) in [4.78, 5) is 0. The van der Waals surface area contributed by atoms with E-state index in [1.165, 1.54) is 50.1 Å². The Morgan fingerprint density at radius 3 is 2.02 bits per heavy atom. The summed E-state index contributed by atoms with van der Waals surface area (Å²) in [5.74, 6) is 0. The SMILES string of the molecule is CC1(C)c2ccccc2-c2cc(C3=CC(c4ccccc4)=CC(c4ccccc4)N3)c3oc4ccccc4c3c2-c2ccccc21. The number of fused-ring (bicyclic) bond motifs is 9. The van der Waals surface area contributed by atoms with E-state index in [2.05, 4.69) is 171 Å². The lowest BCUT2D eigenvalue weighted by atomic mass is 9.75. The van der Waals surface area contributed by atoms with Gasteiger partial charge in [-0.2, -0.15) is 0 Å². The van der Waals surface area contributed by atoms with Crippen molar-refractivity contribution in [1.29, 1.82) is 0 Å². The summed E-state index contributed by atoms with van der Waals surface area (Å²) in [7, 11) is 0. The van der Waals surface area contributed by atoms with Gasteiger partial charge in [0.15, 0.2) is 0 Å². The first kappa shape index (κ1) is 26.8. The zero-order valence-corrected chi connectivity index (χ0v) is 25.9. The maximum absolute atomic E-state index is 6.88. The highest BCUT2D eigenvalue weighted by Crippen LogP contribution is 2.53. The van der Waals surface area contributed by atoms with E-state index in [0.29, 0.717) is 0 Å². The normalized spacial score (nSPS) is 16.4. The molecule has 46 heavy (non-hydrogen) atoms. The lowest BCUT2D eigenvalue weighted by molar-refractivity contribution is 0.646. The highest BCUT2D eigenvalue weighted by atomic mass is 16.3. The molecule has 0 amide bonds. The molecule has 9 rings (SSSR count). The van der Waals surface area contributed by atoms with Crippen molar-refractivity contribution in [2.24, 2.45) is 0 Å². The van der Waals surface area contributed by atoms with Gasteiger partial charge < -0.3 is 9.73 Å². The quantitative estimate of drug-likeness (QED) is 0.221. The Morgan fingerprint density at radius 1 is 0.609 bits per heavy atom. The number of benzene rings is 6. The van der Waals surface area contributed by atoms with E-state index in [1.54, 1.807) is 0 Å². The Hall–Kier alpha value is -5.60. The van der Waals surface area contributed by atoms with Gasteiger partial charge >= 0.3 is 0 Å². The predicted molar refractivity (Wildman–Crippen MR) is 191 cm³/mol. The van der Waals surface area contributed by atoms with Crippen LogP contribution >= 0.6 is 0 Å². The van der Waals surface area contributed by atoms with E-state index >= 15 is 0 Å². The highest BCUT2D eigenvalue weighted by molar-refractivity contribution is 6.19. The summed E-state index contributed by atoms with van der Waals surface area (Å²) in [6.07, 6.45) is 4.63. The van der Waals surface area contributed by atoms with Crippen molar-refractivity contribution in [1.82, 2.24) is 5.32 Å². The van der Waals surface area contributed by atoms with E-state index in [9.17, 15) is 0 Å². The zero-order chi connectivity index (χ0) is 30.8. The summed E-state index contributed by atoms with van der Waals surface area (Å²) < 4.78 is 6.88. The van der Waals surface area contributed by atoms with Gasteiger partial charge in [0.1, 0.15) is 11.2 Å². The molecule has 0 saturated carbocycles. The van der Waals surface area contributed by atoms with E-state index in [0.717, 1.165) is 33.2 Å². The fourth-order valence-corrected chi connectivity index (χ4v) is 7.69. The summed E-state index contributed by atoms with van der Waals surface area (Å²) in [5, 5.41) is 6.23. The fraction of sp³-hybridized carbons (Fsp3) is 0.0909. The van der Waals surface area contributed by atoms with E-state index in [4.69, 9.17) is 4.42 Å². The minimum atomic E-state index is -0.192. The Kier molecular flexibility index (Phi) is 5.95. The molecular weight excluding hydrogens is 558 g/mol. The number of hydrogen-bond acceptors (Lipinski definition) is 2. The van der Waals surface area contributed by atoms with Gasteiger partial charge in [0.25, 0.3) is 0 Å². The van der Waals surface area contributed by atoms with Gasteiger partial charge in [-0.15, -0.1) is 0 Å². The zero-order valence-electron chi connectivity index (χ0n) is 25.9. The Bertz CT molecular complexity index is 2360. The number of allylic oxidation sites excluding steroid dienone is 2. The lowest BCUT2D eigenvalue weighted by Gasteiger charge is -2.28. The van der Waals surface area contributed by atoms with Gasteiger partial charge in [-0.25, -0.2) is 0 Å². The maximum atomic E-state index is 6.88. The summed E-state index contributed by atoms with van der Waals surface area (Å²) in [6.45, 7) is 4.71. The van der Waals surface area contributed by atoms with Crippen LogP contribution in [0.2, 0.25) is 0 Å². The van der Waals surface area contributed by atoms with Crippen LogP contribution in [0.3, 0.4) is 0 Å². The largest absolute Gasteiger partial charge is 0.455 e. The molecule has 1 aliphatic heterocycles. The van der Waals surface area contributed by atoms with Gasteiger partial charge in [0.05, 0.1) is 6.04 Å². The van der Waals surface area contributed by atoms with Crippen molar-refractivity contribution in [2.75, 3.05) is 0 Å². The number of para-hydroxylation sites is 1. The minimum absolute atomic E-state index is 0.00147. The monoisotopic (exact) mass is 591 g/mol. The molecule has 0 radical (unpaired) electrons. The van der Waals surface area contributed by atoms with Crippen LogP contribution in [0, 0.1) is 0 Å². The fourth-order valence-electron chi connectivity index (χ4n) is 7.69. The van der Waals surface area contributed by atoms with Crippen molar-refractivity contribution < 1.29 is 4.42 Å². The van der Waals surface area contributed by atoms with Crippen LogP contribution in [-0.2, 0) is 5.41 Å². The summed E-state index contributed by atoms with van der Waals surface area (Å²) >= 11 is 0. The second kappa shape index (κ2) is 10.2. The lowest BCUT2D eigenvalue weighted by Crippen LogP contribution is -2.22. The van der Waals surface area contributed by atoms with Gasteiger partial charge in [-0.05, 0) is 68.8 Å². The van der Waals surface area contributed by atoms with Crippen molar-refractivity contribution in [3.05, 3.63) is 179 Å². The molecule has 1 aromatic heterocycles. The first-order chi connectivity index (χ1) is 22.6. The average Bonchev–Trinajstić information content (AvgIpc) is 3.48. The number of hydrogen-bond donors (Lipinski definition) is 1. The molecule has 1 N–H and O–H groups in total. The molecule has 1 unspecified atom stereocenters. The van der Waals surface area contributed by atoms with Crippen LogP contribution in [-0.4, -0.2) is 0 Å². The summed E-state index contributed by atoms with van der Waals surface area (Å²) in [6, 6.07) is 50.1. The van der Waals surface area contributed by atoms with Crippen LogP contribution in [0.15, 0.2) is 156 Å². The van der Waals surface area contributed by atoms with Crippen molar-refractivity contribution in [2.45, 2.75) is 25.3 Å². The van der Waals surface area contributed by atoms with Gasteiger partial charge in [0.2, 0.25) is 0 Å². The third kappa shape index (κ3) is 4.03. The molecule has 0 saturated heterocycles. The third-order valence-electron chi connectivity index (χ3n) is 9.92. The Balaban J connectivity index is 1.40. The van der Waals surface area contributed by atoms with Crippen LogP contribution in [0.25, 0.3) is 55.5 Å². The molecule has 0 fully saturated rings. The molecule has 7 aromatic rings. The van der Waals surface area contributed by atoms with E-state index in [-0.39, 0.29) is 11.5 Å². The number of rotatable bonds is 3. The van der Waals surface area contributed by atoms with Crippen LogP contribution in [0.1, 0.15) is 47.7 Å². The van der Waals surface area contributed by atoms with Crippen molar-refractivity contribution >= 4 is 33.2 Å². The van der Waals surface area contributed by atoms with Gasteiger partial charge in [-0.3, -0.25) is 0 Å². The molecule has 2 heterocycles. The molecule has 2 aliphatic rings. The maximum Gasteiger partial charge on any atom is 0.145 e. The van der Waals surface area contributed by atoms with Crippen LogP contribution < -0.4 is 5.32 Å². The van der Waals surface area contributed by atoms with Crippen LogP contribution in [0.4, 0.5) is 0 Å². The molecule has 220 valence electrons. The van der Waals surface area contributed by atoms with Crippen molar-refractivity contribution in [3.63, 3.8) is 0 Å². The third-order valence-corrected chi connectivity index (χ3v) is 9.92. The second-order valence-corrected chi connectivity index (χ2v) is 12.9. The van der Waals surface area contributed by atoms with E-state index in [1.807, 2.05) is 0 Å². The molecule has 0 spiro atoms. The smallest absolute Gasteiger partial charge is 0.145 e. The standard InChI is InChI=1S/C44H33NO/c1-44(2)36-22-12-9-19-31(36)34-27-35(39-26-30(28-15-5-3-6-16-28)25-38(45-39)29-17-7-4-8-18-29)43-42(33-21-11-14-24-40(33)46-43)41(34)32-20-10-13-23-37(32)44/h3-27,38,45H,1-2H3.